The van der Waals surface area contributed by atoms with Crippen molar-refractivity contribution in [2.45, 2.75) is 39.0 Å². The highest BCUT2D eigenvalue weighted by molar-refractivity contribution is 5.69. The average Bonchev–Trinajstić information content (AvgIpc) is 2.25. The van der Waals surface area contributed by atoms with E-state index in [1.54, 1.807) is 6.08 Å². The number of hydrogen-bond acceptors (Lipinski definition) is 3. The molecule has 0 aliphatic carbocycles. The zero-order chi connectivity index (χ0) is 11.4. The predicted octanol–water partition coefficient (Wildman–Crippen LogP) is 2.70. The maximum absolute atomic E-state index is 11.0. The molecular formula is C12H22O3. The largest absolute Gasteiger partial charge is 0.466 e. The first-order valence-electron chi connectivity index (χ1n) is 5.65. The number of ether oxygens (including phenoxy) is 2. The van der Waals surface area contributed by atoms with Gasteiger partial charge in [0.1, 0.15) is 0 Å². The first kappa shape index (κ1) is 14.2. The van der Waals surface area contributed by atoms with Crippen LogP contribution < -0.4 is 0 Å². The van der Waals surface area contributed by atoms with E-state index in [1.165, 1.54) is 0 Å². The number of esters is 1. The number of unbranched alkanes of at least 4 members (excludes halogenated alkanes) is 2. The Labute approximate surface area is 92.5 Å². The lowest BCUT2D eigenvalue weighted by Crippen LogP contribution is -2.05. The molecule has 0 N–H and O–H groups in total. The van der Waals surface area contributed by atoms with E-state index in [-0.39, 0.29) is 5.97 Å². The molecule has 0 saturated heterocycles. The zero-order valence-electron chi connectivity index (χ0n) is 9.67. The van der Waals surface area contributed by atoms with Gasteiger partial charge in [-0.2, -0.15) is 0 Å². The minimum Gasteiger partial charge on any atom is -0.466 e. The third-order valence-corrected chi connectivity index (χ3v) is 1.95. The summed E-state index contributed by atoms with van der Waals surface area (Å²) in [5, 5.41) is 0. The van der Waals surface area contributed by atoms with Crippen molar-refractivity contribution < 1.29 is 14.3 Å². The lowest BCUT2D eigenvalue weighted by Gasteiger charge is -2.04. The Morgan fingerprint density at radius 3 is 2.67 bits per heavy atom. The number of carbonyl (C=O) groups excluding carboxylic acids is 1. The van der Waals surface area contributed by atoms with Gasteiger partial charge in [0, 0.05) is 19.6 Å². The Morgan fingerprint density at radius 2 is 2.00 bits per heavy atom. The molecule has 15 heavy (non-hydrogen) atoms. The van der Waals surface area contributed by atoms with Crippen molar-refractivity contribution in [3.8, 4) is 0 Å². The molecule has 0 spiro atoms. The highest BCUT2D eigenvalue weighted by atomic mass is 16.5. The summed E-state index contributed by atoms with van der Waals surface area (Å²) < 4.78 is 10.2. The van der Waals surface area contributed by atoms with Gasteiger partial charge >= 0.3 is 5.97 Å². The molecule has 0 radical (unpaired) electrons. The maximum Gasteiger partial charge on any atom is 0.306 e. The van der Waals surface area contributed by atoms with Crippen LogP contribution in [-0.4, -0.2) is 25.8 Å². The number of hydrogen-bond donors (Lipinski definition) is 0. The molecule has 0 amide bonds. The van der Waals surface area contributed by atoms with Gasteiger partial charge in [-0.1, -0.05) is 6.08 Å². The smallest absolute Gasteiger partial charge is 0.306 e. The number of carbonyl (C=O) groups is 1. The van der Waals surface area contributed by atoms with E-state index in [0.29, 0.717) is 19.4 Å². The standard InChI is InChI=1S/C12H22O3/c1-3-5-9-12(13)15-11-8-6-7-10-14-4-2/h3H,1,4-11H2,2H3. The molecule has 3 nitrogen and oxygen atoms in total. The summed E-state index contributed by atoms with van der Waals surface area (Å²) in [4.78, 5) is 11.0. The van der Waals surface area contributed by atoms with Crippen molar-refractivity contribution in [3.63, 3.8) is 0 Å². The summed E-state index contributed by atoms with van der Waals surface area (Å²) in [5.74, 6) is -0.125. The molecule has 3 heteroatoms. The van der Waals surface area contributed by atoms with Crippen molar-refractivity contribution >= 4 is 5.97 Å². The summed E-state index contributed by atoms with van der Waals surface area (Å²) in [7, 11) is 0. The molecule has 88 valence electrons. The molecule has 0 bridgehead atoms. The van der Waals surface area contributed by atoms with Crippen LogP contribution in [0.15, 0.2) is 12.7 Å². The highest BCUT2D eigenvalue weighted by Gasteiger charge is 1.99. The average molecular weight is 214 g/mol. The second-order valence-corrected chi connectivity index (χ2v) is 3.31. The van der Waals surface area contributed by atoms with Crippen LogP contribution in [0, 0.1) is 0 Å². The van der Waals surface area contributed by atoms with E-state index in [2.05, 4.69) is 6.58 Å². The summed E-state index contributed by atoms with van der Waals surface area (Å²) in [6, 6.07) is 0. The second kappa shape index (κ2) is 11.2. The van der Waals surface area contributed by atoms with Crippen molar-refractivity contribution in [2.24, 2.45) is 0 Å². The Balaban J connectivity index is 3.09. The molecule has 0 saturated carbocycles. The Hall–Kier alpha value is -0.830. The molecule has 0 aliphatic heterocycles. The monoisotopic (exact) mass is 214 g/mol. The van der Waals surface area contributed by atoms with Crippen LogP contribution in [0.25, 0.3) is 0 Å². The first-order chi connectivity index (χ1) is 7.31. The summed E-state index contributed by atoms with van der Waals surface area (Å²) in [5.41, 5.74) is 0. The fourth-order valence-corrected chi connectivity index (χ4v) is 1.11. The van der Waals surface area contributed by atoms with E-state index >= 15 is 0 Å². The third kappa shape index (κ3) is 11.1. The van der Waals surface area contributed by atoms with Crippen LogP contribution in [-0.2, 0) is 14.3 Å². The van der Waals surface area contributed by atoms with Crippen molar-refractivity contribution in [1.82, 2.24) is 0 Å². The van der Waals surface area contributed by atoms with Crippen LogP contribution in [0.2, 0.25) is 0 Å². The fourth-order valence-electron chi connectivity index (χ4n) is 1.11. The quantitative estimate of drug-likeness (QED) is 0.318. The molecule has 0 aromatic rings. The van der Waals surface area contributed by atoms with Gasteiger partial charge in [-0.25, -0.2) is 0 Å². The van der Waals surface area contributed by atoms with Gasteiger partial charge in [-0.15, -0.1) is 6.58 Å². The lowest BCUT2D eigenvalue weighted by atomic mass is 10.2. The van der Waals surface area contributed by atoms with Crippen LogP contribution in [0.3, 0.4) is 0 Å². The van der Waals surface area contributed by atoms with Gasteiger partial charge in [0.05, 0.1) is 6.61 Å². The third-order valence-electron chi connectivity index (χ3n) is 1.95. The van der Waals surface area contributed by atoms with Crippen LogP contribution in [0.4, 0.5) is 0 Å². The number of allylic oxidation sites excluding steroid dienone is 1. The summed E-state index contributed by atoms with van der Waals surface area (Å²) in [6.45, 7) is 7.65. The predicted molar refractivity (Wildman–Crippen MR) is 60.7 cm³/mol. The molecule has 0 atom stereocenters. The van der Waals surface area contributed by atoms with Crippen LogP contribution >= 0.6 is 0 Å². The summed E-state index contributed by atoms with van der Waals surface area (Å²) >= 11 is 0. The molecule has 0 unspecified atom stereocenters. The number of rotatable bonds is 10. The summed E-state index contributed by atoms with van der Waals surface area (Å²) in [6.07, 6.45) is 5.88. The van der Waals surface area contributed by atoms with E-state index in [1.807, 2.05) is 6.92 Å². The van der Waals surface area contributed by atoms with Gasteiger partial charge in [0.2, 0.25) is 0 Å². The second-order valence-electron chi connectivity index (χ2n) is 3.31. The lowest BCUT2D eigenvalue weighted by molar-refractivity contribution is -0.143. The van der Waals surface area contributed by atoms with Gasteiger partial charge < -0.3 is 9.47 Å². The Kier molecular flexibility index (Phi) is 10.6. The van der Waals surface area contributed by atoms with Gasteiger partial charge in [0.15, 0.2) is 0 Å². The molecule has 0 rings (SSSR count). The normalized spacial score (nSPS) is 9.93. The first-order valence-corrected chi connectivity index (χ1v) is 5.65. The molecule has 0 heterocycles. The highest BCUT2D eigenvalue weighted by Crippen LogP contribution is 1.99. The van der Waals surface area contributed by atoms with E-state index in [4.69, 9.17) is 9.47 Å². The van der Waals surface area contributed by atoms with Gasteiger partial charge in [0.25, 0.3) is 0 Å². The van der Waals surface area contributed by atoms with Crippen molar-refractivity contribution in [2.75, 3.05) is 19.8 Å². The van der Waals surface area contributed by atoms with E-state index < -0.39 is 0 Å². The molecule has 0 aromatic carbocycles. The Bertz CT molecular complexity index is 166. The van der Waals surface area contributed by atoms with Crippen LogP contribution in [0.5, 0.6) is 0 Å². The fraction of sp³-hybridized carbons (Fsp3) is 0.750. The van der Waals surface area contributed by atoms with Crippen LogP contribution in [0.1, 0.15) is 39.0 Å². The zero-order valence-corrected chi connectivity index (χ0v) is 9.67. The molecular weight excluding hydrogens is 192 g/mol. The van der Waals surface area contributed by atoms with E-state index in [0.717, 1.165) is 32.5 Å². The van der Waals surface area contributed by atoms with Crippen molar-refractivity contribution in [1.29, 1.82) is 0 Å². The van der Waals surface area contributed by atoms with Crippen molar-refractivity contribution in [3.05, 3.63) is 12.7 Å². The molecule has 0 aromatic heterocycles. The van der Waals surface area contributed by atoms with Gasteiger partial charge in [-0.05, 0) is 32.6 Å². The maximum atomic E-state index is 11.0. The van der Waals surface area contributed by atoms with Gasteiger partial charge in [-0.3, -0.25) is 4.79 Å². The Morgan fingerprint density at radius 1 is 1.27 bits per heavy atom. The minimum atomic E-state index is -0.125. The SMILES string of the molecule is C=CCCC(=O)OCCCCCOCC. The minimum absolute atomic E-state index is 0.125. The van der Waals surface area contributed by atoms with E-state index in [9.17, 15) is 4.79 Å². The topological polar surface area (TPSA) is 35.5 Å². The molecule has 0 fully saturated rings. The molecule has 0 aliphatic rings.